The molecule has 1 N–H and O–H groups in total. The quantitative estimate of drug-likeness (QED) is 0.713. The lowest BCUT2D eigenvalue weighted by Gasteiger charge is -2.05. The van der Waals surface area contributed by atoms with Gasteiger partial charge in [0.2, 0.25) is 15.7 Å². The van der Waals surface area contributed by atoms with Crippen LogP contribution in [0.1, 0.15) is 27.4 Å². The van der Waals surface area contributed by atoms with E-state index in [-0.39, 0.29) is 24.1 Å². The van der Waals surface area contributed by atoms with Crippen molar-refractivity contribution in [2.75, 3.05) is 0 Å². The second-order valence-electron chi connectivity index (χ2n) is 5.70. The number of aromatic nitrogens is 2. The Morgan fingerprint density at radius 2 is 1.73 bits per heavy atom. The molecule has 0 saturated carbocycles. The molecule has 3 aromatic rings. The van der Waals surface area contributed by atoms with Gasteiger partial charge < -0.3 is 9.73 Å². The van der Waals surface area contributed by atoms with Gasteiger partial charge in [-0.25, -0.2) is 8.42 Å². The van der Waals surface area contributed by atoms with Crippen LogP contribution < -0.4 is 5.32 Å². The topological polar surface area (TPSA) is 102 Å². The highest BCUT2D eigenvalue weighted by Crippen LogP contribution is 2.15. The van der Waals surface area contributed by atoms with E-state index in [9.17, 15) is 13.2 Å². The third-order valence-corrected chi connectivity index (χ3v) is 5.11. The minimum Gasteiger partial charge on any atom is -0.411 e. The maximum Gasteiger partial charge on any atom is 0.335 e. The average molecular weight is 371 g/mol. The van der Waals surface area contributed by atoms with Gasteiger partial charge in [-0.15, -0.1) is 5.10 Å². The van der Waals surface area contributed by atoms with Crippen molar-refractivity contribution in [2.45, 2.75) is 24.4 Å². The monoisotopic (exact) mass is 371 g/mol. The maximum absolute atomic E-state index is 12.3. The number of carbonyl (C=O) groups is 1. The predicted molar refractivity (Wildman–Crippen MR) is 94.0 cm³/mol. The molecule has 0 aliphatic heterocycles. The van der Waals surface area contributed by atoms with E-state index in [2.05, 4.69) is 15.5 Å². The summed E-state index contributed by atoms with van der Waals surface area (Å²) in [6.45, 7) is 1.77. The molecule has 1 heterocycles. The van der Waals surface area contributed by atoms with Crippen molar-refractivity contribution < 1.29 is 17.6 Å². The van der Waals surface area contributed by atoms with Crippen molar-refractivity contribution in [3.63, 3.8) is 0 Å². The van der Waals surface area contributed by atoms with Crippen molar-refractivity contribution in [3.05, 3.63) is 77.2 Å². The second-order valence-corrected chi connectivity index (χ2v) is 7.57. The average Bonchev–Trinajstić information content (AvgIpc) is 3.11. The van der Waals surface area contributed by atoms with Crippen LogP contribution in [0.15, 0.2) is 64.2 Å². The van der Waals surface area contributed by atoms with Crippen molar-refractivity contribution in [1.82, 2.24) is 15.5 Å². The molecule has 8 heteroatoms. The first-order valence-corrected chi connectivity index (χ1v) is 9.54. The number of rotatable bonds is 6. The minimum atomic E-state index is -3.74. The van der Waals surface area contributed by atoms with Gasteiger partial charge in [-0.1, -0.05) is 53.6 Å². The molecule has 26 heavy (non-hydrogen) atoms. The second kappa shape index (κ2) is 7.49. The van der Waals surface area contributed by atoms with Crippen LogP contribution in [-0.2, 0) is 22.1 Å². The summed E-state index contributed by atoms with van der Waals surface area (Å²) in [5, 5.41) is 9.48. The summed E-state index contributed by atoms with van der Waals surface area (Å²) >= 11 is 0. The minimum absolute atomic E-state index is 0.0265. The van der Waals surface area contributed by atoms with Crippen LogP contribution in [0.2, 0.25) is 0 Å². The fraction of sp³-hybridized carbons (Fsp3) is 0.167. The Kier molecular flexibility index (Phi) is 5.13. The summed E-state index contributed by atoms with van der Waals surface area (Å²) in [6, 6.07) is 15.9. The number of amides is 1. The number of hydrogen-bond donors (Lipinski definition) is 1. The first kappa shape index (κ1) is 17.8. The number of hydrogen-bond acceptors (Lipinski definition) is 6. The molecular formula is C18H17N3O4S. The molecule has 1 amide bonds. The van der Waals surface area contributed by atoms with Crippen LogP contribution in [-0.4, -0.2) is 24.5 Å². The molecule has 3 rings (SSSR count). The van der Waals surface area contributed by atoms with Crippen LogP contribution in [0.5, 0.6) is 0 Å². The Balaban J connectivity index is 1.66. The molecule has 0 unspecified atom stereocenters. The van der Waals surface area contributed by atoms with Gasteiger partial charge in [0, 0.05) is 5.56 Å². The lowest BCUT2D eigenvalue weighted by Crippen LogP contribution is -2.23. The number of nitrogens with one attached hydrogen (secondary N) is 1. The largest absolute Gasteiger partial charge is 0.411 e. The fourth-order valence-electron chi connectivity index (χ4n) is 2.37. The van der Waals surface area contributed by atoms with Crippen LogP contribution in [0.3, 0.4) is 0 Å². The Bertz CT molecular complexity index is 1010. The standard InChI is InChI=1S/C18H17N3O4S/c1-13-7-5-6-10-15(13)17(22)19-11-16-20-21-18(25-16)26(23,24)12-14-8-3-2-4-9-14/h2-10H,11-12H2,1H3,(H,19,22). The Labute approximate surface area is 151 Å². The van der Waals surface area contributed by atoms with E-state index < -0.39 is 15.1 Å². The lowest BCUT2D eigenvalue weighted by molar-refractivity contribution is 0.0946. The predicted octanol–water partition coefficient (Wildman–Crippen LogP) is 2.28. The number of carbonyl (C=O) groups excluding carboxylic acids is 1. The van der Waals surface area contributed by atoms with Gasteiger partial charge >= 0.3 is 5.22 Å². The normalized spacial score (nSPS) is 11.3. The molecule has 0 atom stereocenters. The number of aryl methyl sites for hydroxylation is 1. The van der Waals surface area contributed by atoms with Gasteiger partial charge in [0.25, 0.3) is 5.91 Å². The molecule has 0 aliphatic carbocycles. The SMILES string of the molecule is Cc1ccccc1C(=O)NCc1nnc(S(=O)(=O)Cc2ccccc2)o1. The van der Waals surface area contributed by atoms with Crippen LogP contribution in [0.25, 0.3) is 0 Å². The zero-order valence-corrected chi connectivity index (χ0v) is 14.9. The molecule has 7 nitrogen and oxygen atoms in total. The summed E-state index contributed by atoms with van der Waals surface area (Å²) in [4.78, 5) is 12.2. The summed E-state index contributed by atoms with van der Waals surface area (Å²) in [5.74, 6) is -0.501. The van der Waals surface area contributed by atoms with E-state index in [1.165, 1.54) is 0 Å². The zero-order valence-electron chi connectivity index (χ0n) is 14.0. The summed E-state index contributed by atoms with van der Waals surface area (Å²) in [5.41, 5.74) is 1.99. The number of sulfone groups is 1. The molecule has 0 bridgehead atoms. The molecule has 0 fully saturated rings. The molecule has 0 aliphatic rings. The van der Waals surface area contributed by atoms with Gasteiger partial charge in [-0.05, 0) is 24.1 Å². The number of benzene rings is 2. The van der Waals surface area contributed by atoms with Crippen LogP contribution in [0.4, 0.5) is 0 Å². The first-order valence-electron chi connectivity index (χ1n) is 7.88. The molecule has 0 saturated heterocycles. The zero-order chi connectivity index (χ0) is 18.6. The van der Waals surface area contributed by atoms with E-state index in [1.807, 2.05) is 19.1 Å². The van der Waals surface area contributed by atoms with E-state index in [4.69, 9.17) is 4.42 Å². The molecule has 0 spiro atoms. The Morgan fingerprint density at radius 3 is 2.46 bits per heavy atom. The van der Waals surface area contributed by atoms with Gasteiger partial charge in [0.15, 0.2) is 0 Å². The third kappa shape index (κ3) is 4.15. The van der Waals surface area contributed by atoms with Gasteiger partial charge in [0.05, 0.1) is 12.3 Å². The highest BCUT2D eigenvalue weighted by atomic mass is 32.2. The van der Waals surface area contributed by atoms with Crippen molar-refractivity contribution >= 4 is 15.7 Å². The Hall–Kier alpha value is -3.00. The summed E-state index contributed by atoms with van der Waals surface area (Å²) in [6.07, 6.45) is 0. The van der Waals surface area contributed by atoms with E-state index >= 15 is 0 Å². The van der Waals surface area contributed by atoms with E-state index in [0.717, 1.165) is 5.56 Å². The third-order valence-electron chi connectivity index (χ3n) is 3.70. The van der Waals surface area contributed by atoms with Crippen LogP contribution in [0, 0.1) is 6.92 Å². The van der Waals surface area contributed by atoms with Crippen molar-refractivity contribution in [1.29, 1.82) is 0 Å². The Morgan fingerprint density at radius 1 is 1.04 bits per heavy atom. The molecule has 134 valence electrons. The summed E-state index contributed by atoms with van der Waals surface area (Å²) in [7, 11) is -3.74. The van der Waals surface area contributed by atoms with Gasteiger partial charge in [-0.2, -0.15) is 0 Å². The molecule has 0 radical (unpaired) electrons. The van der Waals surface area contributed by atoms with E-state index in [1.54, 1.807) is 42.5 Å². The highest BCUT2D eigenvalue weighted by molar-refractivity contribution is 7.90. The summed E-state index contributed by atoms with van der Waals surface area (Å²) < 4.78 is 29.9. The molecule has 1 aromatic heterocycles. The maximum atomic E-state index is 12.3. The smallest absolute Gasteiger partial charge is 0.335 e. The number of nitrogens with zero attached hydrogens (tertiary/aromatic N) is 2. The van der Waals surface area contributed by atoms with E-state index in [0.29, 0.717) is 11.1 Å². The lowest BCUT2D eigenvalue weighted by atomic mass is 10.1. The first-order chi connectivity index (χ1) is 12.5. The molecule has 2 aromatic carbocycles. The van der Waals surface area contributed by atoms with Gasteiger partial charge in [-0.3, -0.25) is 4.79 Å². The van der Waals surface area contributed by atoms with Crippen LogP contribution >= 0.6 is 0 Å². The fourth-order valence-corrected chi connectivity index (χ4v) is 3.51. The molecular weight excluding hydrogens is 354 g/mol. The van der Waals surface area contributed by atoms with Crippen molar-refractivity contribution in [2.24, 2.45) is 0 Å². The van der Waals surface area contributed by atoms with Gasteiger partial charge in [0.1, 0.15) is 0 Å². The highest BCUT2D eigenvalue weighted by Gasteiger charge is 2.23. The van der Waals surface area contributed by atoms with Crippen molar-refractivity contribution in [3.8, 4) is 0 Å².